The number of aromatic nitrogens is 1. The number of nitrogens with zero attached hydrogens (tertiary/aromatic N) is 1. The number of pyridine rings is 1. The average molecular weight is 306 g/mol. The summed E-state index contributed by atoms with van der Waals surface area (Å²) in [6.45, 7) is 0. The number of anilines is 1. The molecule has 1 aromatic heterocycles. The molecule has 1 aliphatic carbocycles. The van der Waals surface area contributed by atoms with Gasteiger partial charge in [-0.1, -0.05) is 6.07 Å². The third-order valence-electron chi connectivity index (χ3n) is 3.66. The Bertz CT molecular complexity index is 790. The number of benzene rings is 1. The van der Waals surface area contributed by atoms with Gasteiger partial charge in [0.25, 0.3) is 0 Å². The number of halogens is 1. The predicted octanol–water partition coefficient (Wildman–Crippen LogP) is 2.72. The Labute approximate surface area is 123 Å². The van der Waals surface area contributed by atoms with Crippen molar-refractivity contribution in [2.75, 3.05) is 11.6 Å². The van der Waals surface area contributed by atoms with E-state index in [4.69, 9.17) is 0 Å². The number of hydrogen-bond donors (Lipinski definition) is 1. The van der Waals surface area contributed by atoms with Crippen LogP contribution in [-0.4, -0.2) is 19.7 Å². The Morgan fingerprint density at radius 1 is 1.33 bits per heavy atom. The lowest BCUT2D eigenvalue weighted by molar-refractivity contribution is 0.601. The molecule has 0 saturated heterocycles. The van der Waals surface area contributed by atoms with Gasteiger partial charge in [-0.3, -0.25) is 0 Å². The fourth-order valence-electron chi connectivity index (χ4n) is 2.70. The SMILES string of the molecule is CS(=O)(=O)c1cccnc1NC1CCc2cc(F)ccc21. The number of nitrogens with one attached hydrogen (secondary N) is 1. The smallest absolute Gasteiger partial charge is 0.179 e. The van der Waals surface area contributed by atoms with E-state index in [0.717, 1.165) is 30.2 Å². The van der Waals surface area contributed by atoms with Gasteiger partial charge in [-0.25, -0.2) is 17.8 Å². The van der Waals surface area contributed by atoms with Crippen LogP contribution in [0.3, 0.4) is 0 Å². The van der Waals surface area contributed by atoms with Gasteiger partial charge in [0.2, 0.25) is 0 Å². The molecule has 0 amide bonds. The van der Waals surface area contributed by atoms with E-state index in [-0.39, 0.29) is 16.8 Å². The van der Waals surface area contributed by atoms with Gasteiger partial charge >= 0.3 is 0 Å². The number of fused-ring (bicyclic) bond motifs is 1. The molecule has 1 aliphatic rings. The molecule has 1 unspecified atom stereocenters. The molecule has 0 aliphatic heterocycles. The lowest BCUT2D eigenvalue weighted by atomic mass is 10.1. The molecule has 0 fully saturated rings. The summed E-state index contributed by atoms with van der Waals surface area (Å²) in [5, 5.41) is 3.18. The first kappa shape index (κ1) is 14.0. The Morgan fingerprint density at radius 2 is 2.14 bits per heavy atom. The van der Waals surface area contributed by atoms with Crippen molar-refractivity contribution in [2.24, 2.45) is 0 Å². The minimum atomic E-state index is -3.34. The van der Waals surface area contributed by atoms with Gasteiger partial charge < -0.3 is 5.32 Å². The highest BCUT2D eigenvalue weighted by atomic mass is 32.2. The fourth-order valence-corrected chi connectivity index (χ4v) is 3.49. The number of rotatable bonds is 3. The van der Waals surface area contributed by atoms with E-state index in [1.54, 1.807) is 18.3 Å². The maximum atomic E-state index is 13.2. The number of hydrogen-bond acceptors (Lipinski definition) is 4. The average Bonchev–Trinajstić information content (AvgIpc) is 2.80. The molecule has 0 bridgehead atoms. The van der Waals surface area contributed by atoms with Crippen LogP contribution in [0.25, 0.3) is 0 Å². The van der Waals surface area contributed by atoms with Crippen molar-refractivity contribution in [3.05, 3.63) is 53.5 Å². The zero-order valence-corrected chi connectivity index (χ0v) is 12.3. The first-order chi connectivity index (χ1) is 9.95. The van der Waals surface area contributed by atoms with Crippen LogP contribution in [0.4, 0.5) is 10.2 Å². The van der Waals surface area contributed by atoms with Crippen LogP contribution in [0.1, 0.15) is 23.6 Å². The molecule has 1 heterocycles. The van der Waals surface area contributed by atoms with Gasteiger partial charge in [0.05, 0.1) is 6.04 Å². The molecule has 21 heavy (non-hydrogen) atoms. The van der Waals surface area contributed by atoms with E-state index in [2.05, 4.69) is 10.3 Å². The number of aryl methyl sites for hydroxylation is 1. The second-order valence-corrected chi connectivity index (χ2v) is 7.19. The number of sulfone groups is 1. The van der Waals surface area contributed by atoms with Crippen LogP contribution in [0, 0.1) is 5.82 Å². The maximum absolute atomic E-state index is 13.2. The molecule has 0 radical (unpaired) electrons. The molecule has 1 N–H and O–H groups in total. The molecule has 0 spiro atoms. The van der Waals surface area contributed by atoms with E-state index in [0.29, 0.717) is 5.82 Å². The molecule has 2 aromatic rings. The lowest BCUT2D eigenvalue weighted by Gasteiger charge is -2.16. The Hall–Kier alpha value is -1.95. The van der Waals surface area contributed by atoms with Crippen molar-refractivity contribution in [1.29, 1.82) is 0 Å². The van der Waals surface area contributed by atoms with Crippen molar-refractivity contribution in [2.45, 2.75) is 23.8 Å². The van der Waals surface area contributed by atoms with Gasteiger partial charge in [-0.15, -0.1) is 0 Å². The van der Waals surface area contributed by atoms with Crippen molar-refractivity contribution in [3.63, 3.8) is 0 Å². The van der Waals surface area contributed by atoms with Gasteiger partial charge in [-0.05, 0) is 48.2 Å². The Kier molecular flexibility index (Phi) is 3.41. The standard InChI is InChI=1S/C15H15FN2O2S/c1-21(19,20)14-3-2-8-17-15(14)18-13-7-4-10-9-11(16)5-6-12(10)13/h2-3,5-6,8-9,13H,4,7H2,1H3,(H,17,18). The summed E-state index contributed by atoms with van der Waals surface area (Å²) in [6, 6.07) is 7.79. The maximum Gasteiger partial charge on any atom is 0.179 e. The van der Waals surface area contributed by atoms with Crippen molar-refractivity contribution < 1.29 is 12.8 Å². The highest BCUT2D eigenvalue weighted by Gasteiger charge is 2.25. The van der Waals surface area contributed by atoms with Crippen molar-refractivity contribution in [1.82, 2.24) is 4.98 Å². The van der Waals surface area contributed by atoms with E-state index in [9.17, 15) is 12.8 Å². The molecule has 110 valence electrons. The van der Waals surface area contributed by atoms with Crippen LogP contribution >= 0.6 is 0 Å². The lowest BCUT2D eigenvalue weighted by Crippen LogP contribution is -2.12. The minimum absolute atomic E-state index is 0.0454. The molecular weight excluding hydrogens is 291 g/mol. The largest absolute Gasteiger partial charge is 0.362 e. The molecule has 0 saturated carbocycles. The Balaban J connectivity index is 1.94. The Morgan fingerprint density at radius 3 is 2.90 bits per heavy atom. The van der Waals surface area contributed by atoms with E-state index < -0.39 is 9.84 Å². The van der Waals surface area contributed by atoms with Crippen LogP contribution in [-0.2, 0) is 16.3 Å². The molecule has 1 aromatic carbocycles. The summed E-state index contributed by atoms with van der Waals surface area (Å²) in [7, 11) is -3.34. The van der Waals surface area contributed by atoms with Gasteiger partial charge in [-0.2, -0.15) is 0 Å². The molecule has 1 atom stereocenters. The normalized spacial score (nSPS) is 17.5. The fraction of sp³-hybridized carbons (Fsp3) is 0.267. The molecule has 3 rings (SSSR count). The first-order valence-corrected chi connectivity index (χ1v) is 8.54. The zero-order valence-electron chi connectivity index (χ0n) is 11.5. The second kappa shape index (κ2) is 5.11. The first-order valence-electron chi connectivity index (χ1n) is 6.65. The summed E-state index contributed by atoms with van der Waals surface area (Å²) in [4.78, 5) is 4.32. The summed E-state index contributed by atoms with van der Waals surface area (Å²) in [5.41, 5.74) is 1.96. The highest BCUT2D eigenvalue weighted by Crippen LogP contribution is 2.35. The molecule has 4 nitrogen and oxygen atoms in total. The monoisotopic (exact) mass is 306 g/mol. The third kappa shape index (κ3) is 2.76. The van der Waals surface area contributed by atoms with Gasteiger partial charge in [0.15, 0.2) is 9.84 Å². The quantitative estimate of drug-likeness (QED) is 0.947. The van der Waals surface area contributed by atoms with Crippen molar-refractivity contribution >= 4 is 15.7 Å². The van der Waals surface area contributed by atoms with E-state index >= 15 is 0 Å². The second-order valence-electron chi connectivity index (χ2n) is 5.20. The van der Waals surface area contributed by atoms with Crippen LogP contribution in [0.5, 0.6) is 0 Å². The summed E-state index contributed by atoms with van der Waals surface area (Å²) in [5.74, 6) is 0.103. The third-order valence-corrected chi connectivity index (χ3v) is 4.79. The summed E-state index contributed by atoms with van der Waals surface area (Å²) < 4.78 is 36.8. The van der Waals surface area contributed by atoms with Crippen LogP contribution < -0.4 is 5.32 Å². The molecule has 6 heteroatoms. The van der Waals surface area contributed by atoms with Crippen LogP contribution in [0.2, 0.25) is 0 Å². The van der Waals surface area contributed by atoms with Crippen molar-refractivity contribution in [3.8, 4) is 0 Å². The highest BCUT2D eigenvalue weighted by molar-refractivity contribution is 7.90. The van der Waals surface area contributed by atoms with Gasteiger partial charge in [0, 0.05) is 12.5 Å². The summed E-state index contributed by atoms with van der Waals surface area (Å²) >= 11 is 0. The molecular formula is C15H15FN2O2S. The minimum Gasteiger partial charge on any atom is -0.362 e. The van der Waals surface area contributed by atoms with E-state index in [1.165, 1.54) is 18.2 Å². The predicted molar refractivity (Wildman–Crippen MR) is 78.4 cm³/mol. The zero-order chi connectivity index (χ0) is 15.0. The van der Waals surface area contributed by atoms with Crippen LogP contribution in [0.15, 0.2) is 41.4 Å². The van der Waals surface area contributed by atoms with Gasteiger partial charge in [0.1, 0.15) is 16.5 Å². The van der Waals surface area contributed by atoms with E-state index in [1.807, 2.05) is 0 Å². The summed E-state index contributed by atoms with van der Waals surface area (Å²) in [6.07, 6.45) is 4.27. The topological polar surface area (TPSA) is 59.1 Å².